The number of carbonyl (C=O) groups is 3. The van der Waals surface area contributed by atoms with Crippen molar-refractivity contribution in [1.82, 2.24) is 10.2 Å². The molecule has 6 nitrogen and oxygen atoms in total. The van der Waals surface area contributed by atoms with Crippen LogP contribution in [0.4, 0.5) is 0 Å². The van der Waals surface area contributed by atoms with E-state index in [-0.39, 0.29) is 18.4 Å². The minimum Gasteiger partial charge on any atom is -0.481 e. The van der Waals surface area contributed by atoms with Crippen molar-refractivity contribution < 1.29 is 19.5 Å². The molecule has 2 amide bonds. The normalized spacial score (nSPS) is 16.2. The van der Waals surface area contributed by atoms with E-state index in [0.29, 0.717) is 24.0 Å². The van der Waals surface area contributed by atoms with Gasteiger partial charge in [0.1, 0.15) is 0 Å². The van der Waals surface area contributed by atoms with Crippen LogP contribution in [-0.4, -0.2) is 48.4 Å². The molecule has 6 heteroatoms. The monoisotopic (exact) mass is 332 g/mol. The molecule has 0 saturated heterocycles. The smallest absolute Gasteiger partial charge is 0.311 e. The van der Waals surface area contributed by atoms with Crippen molar-refractivity contribution in [3.63, 3.8) is 0 Å². The number of carboxylic acids is 1. The van der Waals surface area contributed by atoms with Crippen LogP contribution in [0, 0.1) is 5.41 Å². The van der Waals surface area contributed by atoms with E-state index in [1.807, 2.05) is 0 Å². The second-order valence-corrected chi connectivity index (χ2v) is 6.61. The Balaban J connectivity index is 2.08. The zero-order valence-corrected chi connectivity index (χ0v) is 14.2. The molecular weight excluding hydrogens is 308 g/mol. The molecule has 1 aliphatic carbocycles. The zero-order valence-electron chi connectivity index (χ0n) is 14.2. The maximum Gasteiger partial charge on any atom is 0.311 e. The Bertz CT molecular complexity index is 634. The van der Waals surface area contributed by atoms with Crippen LogP contribution in [0.1, 0.15) is 52.8 Å². The van der Waals surface area contributed by atoms with Gasteiger partial charge in [0.05, 0.1) is 5.41 Å². The molecule has 1 aliphatic rings. The largest absolute Gasteiger partial charge is 0.481 e. The Labute approximate surface area is 141 Å². The highest BCUT2D eigenvalue weighted by molar-refractivity contribution is 5.99. The summed E-state index contributed by atoms with van der Waals surface area (Å²) >= 11 is 0. The van der Waals surface area contributed by atoms with Crippen LogP contribution in [-0.2, 0) is 4.79 Å². The van der Waals surface area contributed by atoms with Crippen LogP contribution in [0.15, 0.2) is 24.3 Å². The van der Waals surface area contributed by atoms with Gasteiger partial charge < -0.3 is 15.3 Å². The highest BCUT2D eigenvalue weighted by atomic mass is 16.4. The van der Waals surface area contributed by atoms with E-state index in [2.05, 4.69) is 5.32 Å². The number of nitrogens with zero attached hydrogens (tertiary/aromatic N) is 1. The molecule has 2 rings (SSSR count). The number of amides is 2. The first kappa shape index (κ1) is 18.0. The van der Waals surface area contributed by atoms with Gasteiger partial charge in [-0.1, -0.05) is 25.3 Å². The second-order valence-electron chi connectivity index (χ2n) is 6.61. The molecule has 1 fully saturated rings. The van der Waals surface area contributed by atoms with Gasteiger partial charge in [-0.3, -0.25) is 14.4 Å². The van der Waals surface area contributed by atoms with Crippen LogP contribution in [0.3, 0.4) is 0 Å². The van der Waals surface area contributed by atoms with E-state index in [9.17, 15) is 19.5 Å². The number of hydrogen-bond donors (Lipinski definition) is 2. The second kappa shape index (κ2) is 7.47. The number of carboxylic acid groups (broad SMARTS) is 1. The molecule has 0 aliphatic heterocycles. The lowest BCUT2D eigenvalue weighted by molar-refractivity contribution is -0.150. The van der Waals surface area contributed by atoms with Gasteiger partial charge in [0.15, 0.2) is 0 Å². The topological polar surface area (TPSA) is 86.7 Å². The average molecular weight is 332 g/mol. The molecule has 24 heavy (non-hydrogen) atoms. The Hall–Kier alpha value is -2.37. The summed E-state index contributed by atoms with van der Waals surface area (Å²) in [4.78, 5) is 37.4. The van der Waals surface area contributed by atoms with Crippen LogP contribution in [0.5, 0.6) is 0 Å². The van der Waals surface area contributed by atoms with Gasteiger partial charge in [0.25, 0.3) is 11.8 Å². The standard InChI is InChI=1S/C18H24N2O4/c1-20(2)16(22)14-8-6-7-13(11-14)15(21)19-12-18(17(23)24)9-4-3-5-10-18/h6-8,11H,3-5,9-10,12H2,1-2H3,(H,19,21)(H,23,24). The van der Waals surface area contributed by atoms with Gasteiger partial charge in [-0.25, -0.2) is 0 Å². The molecule has 0 heterocycles. The molecule has 0 atom stereocenters. The van der Waals surface area contributed by atoms with Crippen molar-refractivity contribution >= 4 is 17.8 Å². The summed E-state index contributed by atoms with van der Waals surface area (Å²) in [7, 11) is 3.30. The molecular formula is C18H24N2O4. The van der Waals surface area contributed by atoms with Gasteiger partial charge >= 0.3 is 5.97 Å². The summed E-state index contributed by atoms with van der Waals surface area (Å²) in [5.74, 6) is -1.38. The first-order chi connectivity index (χ1) is 11.4. The number of benzene rings is 1. The van der Waals surface area contributed by atoms with Crippen molar-refractivity contribution in [3.05, 3.63) is 35.4 Å². The van der Waals surface area contributed by atoms with E-state index < -0.39 is 11.4 Å². The van der Waals surface area contributed by atoms with Gasteiger partial charge in [-0.15, -0.1) is 0 Å². The Kier molecular flexibility index (Phi) is 5.59. The third kappa shape index (κ3) is 3.93. The van der Waals surface area contributed by atoms with Crippen LogP contribution >= 0.6 is 0 Å². The first-order valence-corrected chi connectivity index (χ1v) is 8.19. The first-order valence-electron chi connectivity index (χ1n) is 8.19. The molecule has 0 radical (unpaired) electrons. The Morgan fingerprint density at radius 3 is 2.33 bits per heavy atom. The highest BCUT2D eigenvalue weighted by Crippen LogP contribution is 2.36. The molecule has 0 spiro atoms. The highest BCUT2D eigenvalue weighted by Gasteiger charge is 2.39. The van der Waals surface area contributed by atoms with Crippen molar-refractivity contribution in [3.8, 4) is 0 Å². The molecule has 1 aromatic rings. The predicted octanol–water partition coefficient (Wildman–Crippen LogP) is 2.15. The predicted molar refractivity (Wildman–Crippen MR) is 89.9 cm³/mol. The fourth-order valence-corrected chi connectivity index (χ4v) is 3.10. The summed E-state index contributed by atoms with van der Waals surface area (Å²) in [6.07, 6.45) is 3.95. The molecule has 0 bridgehead atoms. The molecule has 130 valence electrons. The summed E-state index contributed by atoms with van der Waals surface area (Å²) in [6, 6.07) is 6.46. The summed E-state index contributed by atoms with van der Waals surface area (Å²) in [6.45, 7) is 0.118. The van der Waals surface area contributed by atoms with Crippen LogP contribution in [0.2, 0.25) is 0 Å². The number of nitrogens with one attached hydrogen (secondary N) is 1. The fraction of sp³-hybridized carbons (Fsp3) is 0.500. The van der Waals surface area contributed by atoms with Crippen LogP contribution in [0.25, 0.3) is 0 Å². The van der Waals surface area contributed by atoms with Gasteiger partial charge in [0.2, 0.25) is 0 Å². The average Bonchev–Trinajstić information content (AvgIpc) is 2.59. The van der Waals surface area contributed by atoms with E-state index in [1.165, 1.54) is 11.0 Å². The number of rotatable bonds is 5. The summed E-state index contributed by atoms with van der Waals surface area (Å²) in [5, 5.41) is 12.3. The van der Waals surface area contributed by atoms with Gasteiger partial charge in [-0.05, 0) is 31.0 Å². The van der Waals surface area contributed by atoms with Gasteiger partial charge in [-0.2, -0.15) is 0 Å². The SMILES string of the molecule is CN(C)C(=O)c1cccc(C(=O)NCC2(C(=O)O)CCCCC2)c1. The zero-order chi connectivity index (χ0) is 17.7. The third-order valence-electron chi connectivity index (χ3n) is 4.63. The fourth-order valence-electron chi connectivity index (χ4n) is 3.10. The van der Waals surface area contributed by atoms with Crippen molar-refractivity contribution in [1.29, 1.82) is 0 Å². The van der Waals surface area contributed by atoms with Crippen molar-refractivity contribution in [2.24, 2.45) is 5.41 Å². The molecule has 0 aromatic heterocycles. The lowest BCUT2D eigenvalue weighted by atomic mass is 9.74. The molecule has 1 aromatic carbocycles. The quantitative estimate of drug-likeness (QED) is 0.865. The van der Waals surface area contributed by atoms with Crippen molar-refractivity contribution in [2.45, 2.75) is 32.1 Å². The van der Waals surface area contributed by atoms with Gasteiger partial charge in [0, 0.05) is 31.8 Å². The Morgan fingerprint density at radius 1 is 1.12 bits per heavy atom. The lowest BCUT2D eigenvalue weighted by Crippen LogP contribution is -2.44. The minimum atomic E-state index is -0.870. The number of aliphatic carboxylic acids is 1. The maximum absolute atomic E-state index is 12.4. The van der Waals surface area contributed by atoms with Crippen LogP contribution < -0.4 is 5.32 Å². The summed E-state index contributed by atoms with van der Waals surface area (Å²) in [5.41, 5.74) is -0.0809. The number of hydrogen-bond acceptors (Lipinski definition) is 3. The van der Waals surface area contributed by atoms with E-state index in [1.54, 1.807) is 32.3 Å². The molecule has 0 unspecified atom stereocenters. The Morgan fingerprint density at radius 2 is 1.75 bits per heavy atom. The summed E-state index contributed by atoms with van der Waals surface area (Å²) < 4.78 is 0. The van der Waals surface area contributed by atoms with E-state index in [0.717, 1.165) is 19.3 Å². The maximum atomic E-state index is 12.4. The van der Waals surface area contributed by atoms with E-state index in [4.69, 9.17) is 0 Å². The lowest BCUT2D eigenvalue weighted by Gasteiger charge is -2.33. The third-order valence-corrected chi connectivity index (χ3v) is 4.63. The van der Waals surface area contributed by atoms with Crippen molar-refractivity contribution in [2.75, 3.05) is 20.6 Å². The molecule has 1 saturated carbocycles. The van der Waals surface area contributed by atoms with E-state index >= 15 is 0 Å². The molecule has 2 N–H and O–H groups in total. The number of carbonyl (C=O) groups excluding carboxylic acids is 2. The minimum absolute atomic E-state index is 0.118.